The maximum absolute atomic E-state index is 13.1. The van der Waals surface area contributed by atoms with E-state index in [1.165, 1.54) is 6.07 Å². The van der Waals surface area contributed by atoms with Crippen LogP contribution in [0.2, 0.25) is 0 Å². The van der Waals surface area contributed by atoms with Gasteiger partial charge in [-0.3, -0.25) is 0 Å². The van der Waals surface area contributed by atoms with Gasteiger partial charge in [0.25, 0.3) is 0 Å². The minimum atomic E-state index is -0.903. The Morgan fingerprint density at radius 1 is 1.28 bits per heavy atom. The molecule has 0 aliphatic rings. The quantitative estimate of drug-likeness (QED) is 0.851. The summed E-state index contributed by atoms with van der Waals surface area (Å²) in [6.07, 6.45) is 1.64. The normalized spacial score (nSPS) is 10.4. The van der Waals surface area contributed by atoms with E-state index in [1.807, 2.05) is 6.92 Å². The zero-order chi connectivity index (χ0) is 13.1. The minimum Gasteiger partial charge on any atom is -0.369 e. The maximum Gasteiger partial charge on any atom is 0.161 e. The number of anilines is 1. The fraction of sp³-hybridized carbons (Fsp3) is 0.167. The van der Waals surface area contributed by atoms with Gasteiger partial charge in [-0.2, -0.15) is 0 Å². The van der Waals surface area contributed by atoms with Gasteiger partial charge in [0.15, 0.2) is 17.5 Å². The van der Waals surface area contributed by atoms with Crippen LogP contribution in [-0.2, 0) is 0 Å². The molecule has 0 atom stereocenters. The van der Waals surface area contributed by atoms with Gasteiger partial charge in [0.2, 0.25) is 0 Å². The third-order valence-electron chi connectivity index (χ3n) is 2.27. The van der Waals surface area contributed by atoms with Crippen LogP contribution < -0.4 is 5.32 Å². The maximum atomic E-state index is 13.1. The van der Waals surface area contributed by atoms with Crippen LogP contribution in [-0.4, -0.2) is 16.5 Å². The van der Waals surface area contributed by atoms with E-state index in [4.69, 9.17) is 0 Å². The molecule has 1 heterocycles. The van der Waals surface area contributed by atoms with E-state index in [2.05, 4.69) is 37.9 Å². The highest BCUT2D eigenvalue weighted by molar-refractivity contribution is 14.1. The Labute approximate surface area is 117 Å². The first-order valence-electron chi connectivity index (χ1n) is 5.33. The Balaban J connectivity index is 2.44. The highest BCUT2D eigenvalue weighted by Crippen LogP contribution is 2.21. The summed E-state index contributed by atoms with van der Waals surface area (Å²) in [6.45, 7) is 2.68. The second-order valence-corrected chi connectivity index (χ2v) is 4.71. The van der Waals surface area contributed by atoms with E-state index in [9.17, 15) is 8.78 Å². The number of benzene rings is 1. The molecule has 0 fully saturated rings. The van der Waals surface area contributed by atoms with Crippen molar-refractivity contribution >= 4 is 28.4 Å². The number of hydrogen-bond acceptors (Lipinski definition) is 3. The molecular weight excluding hydrogens is 351 g/mol. The standard InChI is InChI=1S/C12H10F2IN3/c1-2-16-12-10(15)6-17-11(18-12)7-3-4-8(13)9(14)5-7/h3-6H,2H2,1H3,(H,16,17,18). The number of nitrogens with zero attached hydrogens (tertiary/aromatic N) is 2. The molecule has 2 rings (SSSR count). The number of rotatable bonds is 3. The number of aromatic nitrogens is 2. The largest absolute Gasteiger partial charge is 0.369 e. The van der Waals surface area contributed by atoms with Crippen molar-refractivity contribution in [1.82, 2.24) is 9.97 Å². The van der Waals surface area contributed by atoms with Crippen molar-refractivity contribution in [1.29, 1.82) is 0 Å². The molecule has 1 N–H and O–H groups in total. The van der Waals surface area contributed by atoms with Crippen LogP contribution in [0.1, 0.15) is 6.92 Å². The highest BCUT2D eigenvalue weighted by atomic mass is 127. The van der Waals surface area contributed by atoms with Crippen molar-refractivity contribution in [3.05, 3.63) is 39.6 Å². The molecule has 0 saturated heterocycles. The monoisotopic (exact) mass is 361 g/mol. The Kier molecular flexibility index (Phi) is 4.05. The Hall–Kier alpha value is -1.31. The molecule has 0 bridgehead atoms. The van der Waals surface area contributed by atoms with Gasteiger partial charge in [-0.1, -0.05) is 0 Å². The van der Waals surface area contributed by atoms with Crippen molar-refractivity contribution in [2.75, 3.05) is 11.9 Å². The summed E-state index contributed by atoms with van der Waals surface area (Å²) in [5.41, 5.74) is 0.449. The summed E-state index contributed by atoms with van der Waals surface area (Å²) in [4.78, 5) is 8.40. The van der Waals surface area contributed by atoms with Gasteiger partial charge in [-0.05, 0) is 47.7 Å². The van der Waals surface area contributed by atoms with Gasteiger partial charge in [0.1, 0.15) is 5.82 Å². The third kappa shape index (κ3) is 2.74. The summed E-state index contributed by atoms with van der Waals surface area (Å²) in [5, 5.41) is 3.09. The summed E-state index contributed by atoms with van der Waals surface area (Å²) in [7, 11) is 0. The first-order valence-corrected chi connectivity index (χ1v) is 6.41. The zero-order valence-electron chi connectivity index (χ0n) is 9.54. The summed E-state index contributed by atoms with van der Waals surface area (Å²) < 4.78 is 26.9. The lowest BCUT2D eigenvalue weighted by molar-refractivity contribution is 0.509. The lowest BCUT2D eigenvalue weighted by Crippen LogP contribution is -2.03. The molecule has 6 heteroatoms. The van der Waals surface area contributed by atoms with Crippen molar-refractivity contribution < 1.29 is 8.78 Å². The molecule has 18 heavy (non-hydrogen) atoms. The van der Waals surface area contributed by atoms with Gasteiger partial charge in [-0.15, -0.1) is 0 Å². The molecule has 0 amide bonds. The van der Waals surface area contributed by atoms with E-state index < -0.39 is 11.6 Å². The average Bonchev–Trinajstić information content (AvgIpc) is 2.36. The van der Waals surface area contributed by atoms with E-state index >= 15 is 0 Å². The first-order chi connectivity index (χ1) is 8.61. The second kappa shape index (κ2) is 5.55. The highest BCUT2D eigenvalue weighted by Gasteiger charge is 2.09. The predicted octanol–water partition coefficient (Wildman–Crippen LogP) is 3.46. The molecule has 0 saturated carbocycles. The van der Waals surface area contributed by atoms with E-state index in [-0.39, 0.29) is 0 Å². The Bertz CT molecular complexity index is 575. The van der Waals surface area contributed by atoms with Crippen molar-refractivity contribution in [2.45, 2.75) is 6.92 Å². The van der Waals surface area contributed by atoms with Crippen LogP contribution >= 0.6 is 22.6 Å². The van der Waals surface area contributed by atoms with E-state index in [0.717, 1.165) is 22.2 Å². The Morgan fingerprint density at radius 2 is 2.06 bits per heavy atom. The molecular formula is C12H10F2IN3. The lowest BCUT2D eigenvalue weighted by Gasteiger charge is -2.07. The smallest absolute Gasteiger partial charge is 0.161 e. The molecule has 0 unspecified atom stereocenters. The third-order valence-corrected chi connectivity index (χ3v) is 3.06. The van der Waals surface area contributed by atoms with Crippen LogP contribution in [0.25, 0.3) is 11.4 Å². The fourth-order valence-corrected chi connectivity index (χ4v) is 1.88. The van der Waals surface area contributed by atoms with E-state index in [0.29, 0.717) is 17.2 Å². The molecule has 0 aliphatic carbocycles. The minimum absolute atomic E-state index is 0.366. The van der Waals surface area contributed by atoms with Crippen molar-refractivity contribution in [3.8, 4) is 11.4 Å². The second-order valence-electron chi connectivity index (χ2n) is 3.55. The molecule has 1 aromatic carbocycles. The molecule has 94 valence electrons. The van der Waals surface area contributed by atoms with Crippen LogP contribution in [0.3, 0.4) is 0 Å². The fourth-order valence-electron chi connectivity index (χ4n) is 1.43. The molecule has 2 aromatic rings. The molecule has 3 nitrogen and oxygen atoms in total. The van der Waals surface area contributed by atoms with E-state index in [1.54, 1.807) is 6.20 Å². The predicted molar refractivity (Wildman–Crippen MR) is 74.3 cm³/mol. The molecule has 0 aliphatic heterocycles. The molecule has 0 spiro atoms. The zero-order valence-corrected chi connectivity index (χ0v) is 11.7. The van der Waals surface area contributed by atoms with Crippen molar-refractivity contribution in [3.63, 3.8) is 0 Å². The van der Waals surface area contributed by atoms with Crippen molar-refractivity contribution in [2.24, 2.45) is 0 Å². The topological polar surface area (TPSA) is 37.8 Å². The van der Waals surface area contributed by atoms with Gasteiger partial charge in [0, 0.05) is 18.3 Å². The van der Waals surface area contributed by atoms with Crippen LogP contribution in [0.4, 0.5) is 14.6 Å². The van der Waals surface area contributed by atoms with Crippen LogP contribution in [0.15, 0.2) is 24.4 Å². The summed E-state index contributed by atoms with van der Waals surface area (Å²) >= 11 is 2.11. The number of hydrogen-bond donors (Lipinski definition) is 1. The van der Waals surface area contributed by atoms with Gasteiger partial charge in [0.05, 0.1) is 3.57 Å². The van der Waals surface area contributed by atoms with Gasteiger partial charge in [-0.25, -0.2) is 18.7 Å². The lowest BCUT2D eigenvalue weighted by atomic mass is 10.2. The molecule has 0 radical (unpaired) electrons. The van der Waals surface area contributed by atoms with Crippen LogP contribution in [0.5, 0.6) is 0 Å². The number of nitrogens with one attached hydrogen (secondary N) is 1. The molecule has 1 aromatic heterocycles. The average molecular weight is 361 g/mol. The van der Waals surface area contributed by atoms with Gasteiger partial charge < -0.3 is 5.32 Å². The Morgan fingerprint density at radius 3 is 2.72 bits per heavy atom. The van der Waals surface area contributed by atoms with Gasteiger partial charge >= 0.3 is 0 Å². The SMILES string of the molecule is CCNc1nc(-c2ccc(F)c(F)c2)ncc1I. The number of halogens is 3. The first kappa shape index (κ1) is 13.1. The van der Waals surface area contributed by atoms with Crippen LogP contribution in [0, 0.1) is 15.2 Å². The summed E-state index contributed by atoms with van der Waals surface area (Å²) in [6, 6.07) is 3.61. The summed E-state index contributed by atoms with van der Waals surface area (Å²) in [5.74, 6) is -0.728.